The van der Waals surface area contributed by atoms with E-state index in [4.69, 9.17) is 21.1 Å². The molecule has 0 aromatic heterocycles. The molecule has 0 unspecified atom stereocenters. The van der Waals surface area contributed by atoms with Crippen LogP contribution in [0, 0.1) is 0 Å². The van der Waals surface area contributed by atoms with E-state index in [0.29, 0.717) is 23.1 Å². The van der Waals surface area contributed by atoms with Gasteiger partial charge in [-0.1, -0.05) is 37.1 Å². The number of unbranched alkanes of at least 4 members (excludes halogenated alkanes) is 1. The van der Waals surface area contributed by atoms with Crippen LogP contribution in [0.3, 0.4) is 0 Å². The molecule has 2 amide bonds. The zero-order valence-corrected chi connectivity index (χ0v) is 22.3. The van der Waals surface area contributed by atoms with Crippen LogP contribution >= 0.6 is 11.6 Å². The average Bonchev–Trinajstić information content (AvgIpc) is 3.33. The van der Waals surface area contributed by atoms with Crippen molar-refractivity contribution < 1.29 is 27.5 Å². The highest BCUT2D eigenvalue weighted by Gasteiger charge is 2.31. The fourth-order valence-corrected chi connectivity index (χ4v) is 4.98. The van der Waals surface area contributed by atoms with E-state index >= 15 is 0 Å². The molecule has 1 aliphatic heterocycles. The van der Waals surface area contributed by atoms with Gasteiger partial charge in [0.15, 0.2) is 11.5 Å². The zero-order valence-electron chi connectivity index (χ0n) is 20.7. The van der Waals surface area contributed by atoms with Crippen LogP contribution in [-0.4, -0.2) is 56.8 Å². The van der Waals surface area contributed by atoms with Crippen molar-refractivity contribution >= 4 is 39.1 Å². The molecule has 0 spiro atoms. The van der Waals surface area contributed by atoms with Crippen LogP contribution in [0.5, 0.6) is 11.5 Å². The van der Waals surface area contributed by atoms with Crippen molar-refractivity contribution in [3.8, 4) is 11.5 Å². The summed E-state index contributed by atoms with van der Waals surface area (Å²) >= 11 is 6.13. The van der Waals surface area contributed by atoms with Crippen molar-refractivity contribution in [1.82, 2.24) is 10.2 Å². The first kappa shape index (κ1) is 27.6. The van der Waals surface area contributed by atoms with Gasteiger partial charge in [-0.25, -0.2) is 8.42 Å². The van der Waals surface area contributed by atoms with Gasteiger partial charge < -0.3 is 19.7 Å². The summed E-state index contributed by atoms with van der Waals surface area (Å²) in [6.07, 6.45) is 1.73. The normalized spacial score (nSPS) is 13.2. The average molecular weight is 538 g/mol. The predicted molar refractivity (Wildman–Crippen MR) is 139 cm³/mol. The molecule has 36 heavy (non-hydrogen) atoms. The Kier molecular flexibility index (Phi) is 9.44. The summed E-state index contributed by atoms with van der Waals surface area (Å²) in [7, 11) is -3.83. The first-order valence-corrected chi connectivity index (χ1v) is 13.9. The maximum absolute atomic E-state index is 13.6. The fraction of sp³-hybridized carbons (Fsp3) is 0.440. The predicted octanol–water partition coefficient (Wildman–Crippen LogP) is 3.56. The number of rotatable bonds is 12. The van der Waals surface area contributed by atoms with Gasteiger partial charge in [-0.3, -0.25) is 13.9 Å². The molecule has 2 aromatic carbocycles. The topological polar surface area (TPSA) is 105 Å². The monoisotopic (exact) mass is 537 g/mol. The number of halogens is 1. The molecule has 0 bridgehead atoms. The van der Waals surface area contributed by atoms with Crippen molar-refractivity contribution in [2.75, 3.05) is 29.9 Å². The molecule has 0 saturated heterocycles. The van der Waals surface area contributed by atoms with Crippen molar-refractivity contribution in [3.63, 3.8) is 0 Å². The Balaban J connectivity index is 1.91. The van der Waals surface area contributed by atoms with Gasteiger partial charge in [-0.05, 0) is 50.1 Å². The molecule has 1 aliphatic rings. The molecule has 0 aliphatic carbocycles. The van der Waals surface area contributed by atoms with E-state index in [1.165, 1.54) is 17.9 Å². The number of benzene rings is 2. The first-order valence-electron chi connectivity index (χ1n) is 11.9. The van der Waals surface area contributed by atoms with Crippen LogP contribution in [0.4, 0.5) is 5.69 Å². The maximum Gasteiger partial charge on any atom is 0.244 e. The Morgan fingerprint density at radius 1 is 1.11 bits per heavy atom. The second-order valence-electron chi connectivity index (χ2n) is 8.42. The van der Waals surface area contributed by atoms with E-state index in [-0.39, 0.29) is 30.7 Å². The van der Waals surface area contributed by atoms with Crippen LogP contribution in [0.2, 0.25) is 5.02 Å². The maximum atomic E-state index is 13.6. The van der Waals surface area contributed by atoms with Gasteiger partial charge >= 0.3 is 0 Å². The third-order valence-electron chi connectivity index (χ3n) is 5.86. The Bertz CT molecular complexity index is 1190. The Labute approximate surface area is 217 Å². The van der Waals surface area contributed by atoms with Crippen LogP contribution in [-0.2, 0) is 26.2 Å². The number of hydrogen-bond donors (Lipinski definition) is 1. The summed E-state index contributed by atoms with van der Waals surface area (Å²) in [5, 5.41) is 3.35. The SMILES string of the molecule is CCCCNC(=O)[C@@H](C)N(Cc1cccc(Cl)c1)C(=O)CN(c1ccc2c(c1)OCO2)S(=O)(=O)CC. The lowest BCUT2D eigenvalue weighted by molar-refractivity contribution is -0.139. The minimum absolute atomic E-state index is 0.0380. The number of nitrogens with one attached hydrogen (secondary N) is 1. The second kappa shape index (κ2) is 12.3. The van der Waals surface area contributed by atoms with Crippen LogP contribution in [0.25, 0.3) is 0 Å². The Morgan fingerprint density at radius 3 is 2.56 bits per heavy atom. The summed E-state index contributed by atoms with van der Waals surface area (Å²) < 4.78 is 37.8. The summed E-state index contributed by atoms with van der Waals surface area (Å²) in [4.78, 5) is 27.9. The molecule has 0 radical (unpaired) electrons. The van der Waals surface area contributed by atoms with Gasteiger partial charge in [-0.2, -0.15) is 0 Å². The quantitative estimate of drug-likeness (QED) is 0.415. The molecule has 3 rings (SSSR count). The van der Waals surface area contributed by atoms with E-state index in [1.54, 1.807) is 43.3 Å². The Hall–Kier alpha value is -2.98. The zero-order chi connectivity index (χ0) is 26.3. The van der Waals surface area contributed by atoms with Crippen molar-refractivity contribution in [2.24, 2.45) is 0 Å². The lowest BCUT2D eigenvalue weighted by Crippen LogP contribution is -2.51. The molecule has 1 atom stereocenters. The van der Waals surface area contributed by atoms with Crippen molar-refractivity contribution in [3.05, 3.63) is 53.1 Å². The largest absolute Gasteiger partial charge is 0.454 e. The van der Waals surface area contributed by atoms with Crippen molar-refractivity contribution in [2.45, 2.75) is 46.2 Å². The van der Waals surface area contributed by atoms with Crippen LogP contribution < -0.4 is 19.1 Å². The van der Waals surface area contributed by atoms with Crippen LogP contribution in [0.15, 0.2) is 42.5 Å². The van der Waals surface area contributed by atoms with Gasteiger partial charge in [0.25, 0.3) is 0 Å². The number of sulfonamides is 1. The molecular formula is C25H32ClN3O6S. The summed E-state index contributed by atoms with van der Waals surface area (Å²) in [6.45, 7) is 5.29. The van der Waals surface area contributed by atoms with E-state index in [9.17, 15) is 18.0 Å². The second-order valence-corrected chi connectivity index (χ2v) is 11.0. The number of ether oxygens (including phenoxy) is 2. The number of amides is 2. The molecule has 2 aromatic rings. The molecule has 0 fully saturated rings. The molecule has 11 heteroatoms. The molecule has 9 nitrogen and oxygen atoms in total. The highest BCUT2D eigenvalue weighted by molar-refractivity contribution is 7.92. The number of carbonyl (C=O) groups excluding carboxylic acids is 2. The third-order valence-corrected chi connectivity index (χ3v) is 7.84. The molecular weight excluding hydrogens is 506 g/mol. The van der Waals surface area contributed by atoms with E-state index in [1.807, 2.05) is 6.92 Å². The fourth-order valence-electron chi connectivity index (χ4n) is 3.71. The summed E-state index contributed by atoms with van der Waals surface area (Å²) in [5.74, 6) is -0.153. The molecule has 0 saturated carbocycles. The van der Waals surface area contributed by atoms with Crippen molar-refractivity contribution in [1.29, 1.82) is 0 Å². The minimum Gasteiger partial charge on any atom is -0.454 e. The van der Waals surface area contributed by atoms with Crippen LogP contribution in [0.1, 0.15) is 39.2 Å². The first-order chi connectivity index (χ1) is 17.2. The van der Waals surface area contributed by atoms with Gasteiger partial charge in [0.1, 0.15) is 12.6 Å². The van der Waals surface area contributed by atoms with E-state index in [0.717, 1.165) is 22.7 Å². The number of carbonyl (C=O) groups is 2. The highest BCUT2D eigenvalue weighted by atomic mass is 35.5. The number of anilines is 1. The number of nitrogens with zero attached hydrogens (tertiary/aromatic N) is 2. The van der Waals surface area contributed by atoms with E-state index in [2.05, 4.69) is 5.32 Å². The number of hydrogen-bond acceptors (Lipinski definition) is 6. The summed E-state index contributed by atoms with van der Waals surface area (Å²) in [6, 6.07) is 10.8. The molecule has 1 N–H and O–H groups in total. The lowest BCUT2D eigenvalue weighted by Gasteiger charge is -2.32. The van der Waals surface area contributed by atoms with Gasteiger partial charge in [0.05, 0.1) is 11.4 Å². The molecule has 196 valence electrons. The standard InChI is InChI=1S/C25H32ClN3O6S/c1-4-6-12-27-25(31)18(3)28(15-19-8-7-9-20(26)13-19)24(30)16-29(36(32,33)5-2)21-10-11-22-23(14-21)35-17-34-22/h7-11,13-14,18H,4-6,12,15-17H2,1-3H3,(H,27,31)/t18-/m1/s1. The highest BCUT2D eigenvalue weighted by Crippen LogP contribution is 2.36. The van der Waals surface area contributed by atoms with Gasteiger partial charge in [0.2, 0.25) is 28.6 Å². The lowest BCUT2D eigenvalue weighted by atomic mass is 10.1. The number of fused-ring (bicyclic) bond motifs is 1. The van der Waals surface area contributed by atoms with Gasteiger partial charge in [0, 0.05) is 24.2 Å². The third kappa shape index (κ3) is 6.82. The molecule has 1 heterocycles. The minimum atomic E-state index is -3.83. The summed E-state index contributed by atoms with van der Waals surface area (Å²) in [5.41, 5.74) is 0.995. The smallest absolute Gasteiger partial charge is 0.244 e. The Morgan fingerprint density at radius 2 is 1.86 bits per heavy atom. The van der Waals surface area contributed by atoms with Gasteiger partial charge in [-0.15, -0.1) is 0 Å². The van der Waals surface area contributed by atoms with E-state index < -0.39 is 28.5 Å².